The van der Waals surface area contributed by atoms with E-state index in [1.165, 1.54) is 0 Å². The second kappa shape index (κ2) is 5.21. The first-order chi connectivity index (χ1) is 7.81. The molecule has 0 radical (unpaired) electrons. The lowest BCUT2D eigenvalue weighted by atomic mass is 10.0. The molecule has 0 saturated heterocycles. The number of nitrogens with zero attached hydrogens (tertiary/aromatic N) is 2. The minimum atomic E-state index is 0.589. The number of fused-ring (bicyclic) bond motifs is 1. The van der Waals surface area contributed by atoms with Gasteiger partial charge >= 0.3 is 0 Å². The van der Waals surface area contributed by atoms with Gasteiger partial charge in [-0.05, 0) is 25.3 Å². The van der Waals surface area contributed by atoms with Crippen molar-refractivity contribution in [2.24, 2.45) is 5.16 Å². The smallest absolute Gasteiger partial charge is 0.162 e. The molecule has 0 aliphatic carbocycles. The lowest BCUT2D eigenvalue weighted by Gasteiger charge is -2.18. The van der Waals surface area contributed by atoms with E-state index in [1.807, 2.05) is 25.3 Å². The van der Waals surface area contributed by atoms with E-state index in [0.29, 0.717) is 5.94 Å². The van der Waals surface area contributed by atoms with Gasteiger partial charge in [-0.25, -0.2) is 4.98 Å². The van der Waals surface area contributed by atoms with E-state index in [1.54, 1.807) is 11.8 Å². The Morgan fingerprint density at radius 3 is 3.25 bits per heavy atom. The molecule has 1 aromatic rings. The summed E-state index contributed by atoms with van der Waals surface area (Å²) in [7, 11) is 0. The Bertz CT molecular complexity index is 406. The van der Waals surface area contributed by atoms with Gasteiger partial charge in [-0.1, -0.05) is 5.16 Å². The molecule has 0 atom stereocenters. The second-order valence-corrected chi connectivity index (χ2v) is 4.41. The van der Waals surface area contributed by atoms with Crippen molar-refractivity contribution in [3.63, 3.8) is 0 Å². The Labute approximate surface area is 99.5 Å². The van der Waals surface area contributed by atoms with Crippen LogP contribution in [0.5, 0.6) is 0 Å². The van der Waals surface area contributed by atoms with Crippen molar-refractivity contribution in [1.29, 1.82) is 0 Å². The van der Waals surface area contributed by atoms with Crippen molar-refractivity contribution in [3.8, 4) is 0 Å². The highest BCUT2D eigenvalue weighted by molar-refractivity contribution is 7.98. The number of rotatable bonds is 3. The third-order valence-corrected chi connectivity index (χ3v) is 2.69. The maximum absolute atomic E-state index is 5.20. The highest BCUT2D eigenvalue weighted by Gasteiger charge is 2.16. The topological polar surface area (TPSA) is 46.5 Å². The van der Waals surface area contributed by atoms with Crippen LogP contribution in [-0.2, 0) is 4.84 Å². The zero-order valence-corrected chi connectivity index (χ0v) is 10.3. The molecule has 0 amide bonds. The van der Waals surface area contributed by atoms with Crippen LogP contribution < -0.4 is 5.32 Å². The van der Waals surface area contributed by atoms with Crippen LogP contribution >= 0.6 is 11.8 Å². The van der Waals surface area contributed by atoms with Gasteiger partial charge in [-0.3, -0.25) is 0 Å². The summed E-state index contributed by atoms with van der Waals surface area (Å²) in [4.78, 5) is 9.64. The number of anilines is 1. The third-order valence-electron chi connectivity index (χ3n) is 2.34. The van der Waals surface area contributed by atoms with Gasteiger partial charge in [0, 0.05) is 24.2 Å². The molecule has 0 aromatic carbocycles. The minimum Gasteiger partial charge on any atom is -0.385 e. The van der Waals surface area contributed by atoms with Gasteiger partial charge in [-0.15, -0.1) is 11.8 Å². The van der Waals surface area contributed by atoms with E-state index < -0.39 is 0 Å². The van der Waals surface area contributed by atoms with E-state index in [0.717, 1.165) is 35.8 Å². The van der Waals surface area contributed by atoms with E-state index >= 15 is 0 Å². The SMILES string of the molecule is CSCO/N=C1\CCNc2nc(C)ccc21. The number of pyridine rings is 1. The number of thioether (sulfide) groups is 1. The fourth-order valence-corrected chi connectivity index (χ4v) is 1.77. The summed E-state index contributed by atoms with van der Waals surface area (Å²) in [6.07, 6.45) is 2.87. The van der Waals surface area contributed by atoms with Crippen molar-refractivity contribution in [2.75, 3.05) is 24.1 Å². The van der Waals surface area contributed by atoms with E-state index in [-0.39, 0.29) is 0 Å². The number of nitrogens with one attached hydrogen (secondary N) is 1. The van der Waals surface area contributed by atoms with Crippen LogP contribution in [0.15, 0.2) is 17.3 Å². The van der Waals surface area contributed by atoms with Gasteiger partial charge in [0.15, 0.2) is 5.94 Å². The quantitative estimate of drug-likeness (QED) is 0.497. The molecule has 16 heavy (non-hydrogen) atoms. The highest BCUT2D eigenvalue weighted by atomic mass is 32.2. The molecule has 1 aliphatic rings. The maximum atomic E-state index is 5.20. The van der Waals surface area contributed by atoms with Crippen LogP contribution in [0.2, 0.25) is 0 Å². The average molecular weight is 237 g/mol. The Morgan fingerprint density at radius 1 is 1.56 bits per heavy atom. The van der Waals surface area contributed by atoms with Crippen molar-refractivity contribution in [2.45, 2.75) is 13.3 Å². The van der Waals surface area contributed by atoms with Crippen molar-refractivity contribution < 1.29 is 4.84 Å². The Morgan fingerprint density at radius 2 is 2.44 bits per heavy atom. The predicted molar refractivity (Wildman–Crippen MR) is 68.1 cm³/mol. The van der Waals surface area contributed by atoms with Crippen LogP contribution in [0.1, 0.15) is 17.7 Å². The molecule has 5 heteroatoms. The molecule has 0 spiro atoms. The molecule has 2 heterocycles. The largest absolute Gasteiger partial charge is 0.385 e. The monoisotopic (exact) mass is 237 g/mol. The van der Waals surface area contributed by atoms with Gasteiger partial charge < -0.3 is 10.2 Å². The van der Waals surface area contributed by atoms with Crippen LogP contribution in [0.3, 0.4) is 0 Å². The third kappa shape index (κ3) is 2.47. The zero-order chi connectivity index (χ0) is 11.4. The lowest BCUT2D eigenvalue weighted by Crippen LogP contribution is -2.20. The molecular weight excluding hydrogens is 222 g/mol. The van der Waals surface area contributed by atoms with Gasteiger partial charge in [0.1, 0.15) is 5.82 Å². The van der Waals surface area contributed by atoms with E-state index in [9.17, 15) is 0 Å². The van der Waals surface area contributed by atoms with Crippen molar-refractivity contribution in [3.05, 3.63) is 23.4 Å². The first-order valence-electron chi connectivity index (χ1n) is 5.21. The minimum absolute atomic E-state index is 0.589. The first-order valence-corrected chi connectivity index (χ1v) is 6.60. The summed E-state index contributed by atoms with van der Waals surface area (Å²) >= 11 is 1.61. The molecule has 0 unspecified atom stereocenters. The Balaban J connectivity index is 2.22. The van der Waals surface area contributed by atoms with Crippen LogP contribution in [-0.4, -0.2) is 29.4 Å². The normalized spacial score (nSPS) is 16.8. The van der Waals surface area contributed by atoms with Gasteiger partial charge in [-0.2, -0.15) is 0 Å². The molecule has 0 fully saturated rings. The van der Waals surface area contributed by atoms with E-state index in [2.05, 4.69) is 15.5 Å². The number of aromatic nitrogens is 1. The molecule has 1 N–H and O–H groups in total. The Hall–Kier alpha value is -1.23. The fraction of sp³-hybridized carbons (Fsp3) is 0.455. The zero-order valence-electron chi connectivity index (χ0n) is 9.49. The number of oxime groups is 1. The molecule has 4 nitrogen and oxygen atoms in total. The molecule has 0 bridgehead atoms. The predicted octanol–water partition coefficient (Wildman–Crippen LogP) is 2.25. The molecule has 2 rings (SSSR count). The van der Waals surface area contributed by atoms with Crippen LogP contribution in [0.4, 0.5) is 5.82 Å². The molecule has 1 aromatic heterocycles. The van der Waals surface area contributed by atoms with Crippen molar-refractivity contribution >= 4 is 23.3 Å². The summed E-state index contributed by atoms with van der Waals surface area (Å²) in [6.45, 7) is 2.85. The summed E-state index contributed by atoms with van der Waals surface area (Å²) in [6, 6.07) is 4.04. The van der Waals surface area contributed by atoms with Gasteiger partial charge in [0.25, 0.3) is 0 Å². The summed E-state index contributed by atoms with van der Waals surface area (Å²) in [5.41, 5.74) is 3.05. The van der Waals surface area contributed by atoms with Crippen LogP contribution in [0.25, 0.3) is 0 Å². The first kappa shape index (κ1) is 11.3. The molecule has 1 aliphatic heterocycles. The number of aryl methyl sites for hydroxylation is 1. The molecular formula is C11H15N3OS. The summed E-state index contributed by atoms with van der Waals surface area (Å²) < 4.78 is 0. The lowest BCUT2D eigenvalue weighted by molar-refractivity contribution is 0.196. The number of hydrogen-bond donors (Lipinski definition) is 1. The van der Waals surface area contributed by atoms with Crippen molar-refractivity contribution in [1.82, 2.24) is 4.98 Å². The summed E-state index contributed by atoms with van der Waals surface area (Å²) in [5.74, 6) is 1.50. The summed E-state index contributed by atoms with van der Waals surface area (Å²) in [5, 5.41) is 7.43. The highest BCUT2D eigenvalue weighted by Crippen LogP contribution is 2.20. The van der Waals surface area contributed by atoms with E-state index in [4.69, 9.17) is 4.84 Å². The fourth-order valence-electron chi connectivity index (χ4n) is 1.61. The number of hydrogen-bond acceptors (Lipinski definition) is 5. The average Bonchev–Trinajstić information content (AvgIpc) is 2.29. The van der Waals surface area contributed by atoms with Gasteiger partial charge in [0.05, 0.1) is 5.71 Å². The second-order valence-electron chi connectivity index (χ2n) is 3.60. The molecule has 0 saturated carbocycles. The molecule has 86 valence electrons. The Kier molecular flexibility index (Phi) is 3.66. The maximum Gasteiger partial charge on any atom is 0.162 e. The van der Waals surface area contributed by atoms with Crippen LogP contribution in [0, 0.1) is 6.92 Å². The standard InChI is InChI=1S/C11H15N3OS/c1-8-3-4-9-10(14-15-7-16-2)5-6-12-11(9)13-8/h3-4H,5-7H2,1-2H3,(H,12,13)/b14-10+. The van der Waals surface area contributed by atoms with Gasteiger partial charge in [0.2, 0.25) is 0 Å².